The van der Waals surface area contributed by atoms with E-state index in [1.165, 1.54) is 0 Å². The molecule has 1 fully saturated rings. The molecule has 5 rings (SSSR count). The van der Waals surface area contributed by atoms with Crippen LogP contribution in [0.2, 0.25) is 0 Å². The minimum Gasteiger partial charge on any atom is -0.505 e. The van der Waals surface area contributed by atoms with Crippen molar-refractivity contribution < 1.29 is 19.8 Å². The molecule has 3 aromatic heterocycles. The Bertz CT molecular complexity index is 1540. The van der Waals surface area contributed by atoms with Crippen molar-refractivity contribution >= 4 is 22.8 Å². The number of benzene rings is 1. The Balaban J connectivity index is 1.79. The molecule has 0 spiro atoms. The van der Waals surface area contributed by atoms with Gasteiger partial charge in [0.15, 0.2) is 11.4 Å². The number of amides is 1. The predicted octanol–water partition coefficient (Wildman–Crippen LogP) is 4.23. The number of pyridine rings is 3. The Kier molecular flexibility index (Phi) is 7.17. The maximum atomic E-state index is 14.0. The predicted molar refractivity (Wildman–Crippen MR) is 143 cm³/mol. The molecule has 0 unspecified atom stereocenters. The van der Waals surface area contributed by atoms with Crippen LogP contribution in [0.4, 0.5) is 0 Å². The number of nitrogens with one attached hydrogen (secondary N) is 1. The summed E-state index contributed by atoms with van der Waals surface area (Å²) in [5.74, 6) is -1.81. The molecule has 0 aliphatic heterocycles. The van der Waals surface area contributed by atoms with Crippen molar-refractivity contribution in [3.8, 4) is 28.1 Å². The van der Waals surface area contributed by atoms with Gasteiger partial charge in [-0.2, -0.15) is 0 Å². The van der Waals surface area contributed by atoms with Crippen molar-refractivity contribution in [1.29, 1.82) is 0 Å². The maximum Gasteiger partial charge on any atom is 0.305 e. The van der Waals surface area contributed by atoms with E-state index in [4.69, 9.17) is 5.11 Å². The number of carbonyl (C=O) groups is 2. The number of nitrogens with zero attached hydrogens (tertiary/aromatic N) is 3. The SMILES string of the molecule is O=C(O)CCNC(=O)c1nc(-c2cccnc2)c2c(cc(-c3ccccc3)c(=O)n2CC2CCCC2)c1O. The molecule has 0 bridgehead atoms. The van der Waals surface area contributed by atoms with E-state index >= 15 is 0 Å². The largest absolute Gasteiger partial charge is 0.505 e. The van der Waals surface area contributed by atoms with E-state index in [1.807, 2.05) is 30.3 Å². The van der Waals surface area contributed by atoms with E-state index in [9.17, 15) is 19.5 Å². The van der Waals surface area contributed by atoms with Crippen LogP contribution in [0.15, 0.2) is 65.7 Å². The summed E-state index contributed by atoms with van der Waals surface area (Å²) in [6, 6.07) is 14.4. The number of rotatable bonds is 8. The van der Waals surface area contributed by atoms with Gasteiger partial charge >= 0.3 is 5.97 Å². The first kappa shape index (κ1) is 25.1. The molecule has 1 amide bonds. The fourth-order valence-corrected chi connectivity index (χ4v) is 5.13. The Labute approximate surface area is 218 Å². The Hall–Kier alpha value is -4.53. The molecule has 0 saturated heterocycles. The fraction of sp³-hybridized carbons (Fsp3) is 0.276. The van der Waals surface area contributed by atoms with Gasteiger partial charge in [0.05, 0.1) is 17.6 Å². The van der Waals surface area contributed by atoms with E-state index in [2.05, 4.69) is 15.3 Å². The average Bonchev–Trinajstić information content (AvgIpc) is 3.44. The molecule has 0 radical (unpaired) electrons. The third kappa shape index (κ3) is 5.00. The first-order valence-electron chi connectivity index (χ1n) is 12.7. The van der Waals surface area contributed by atoms with E-state index in [0.717, 1.165) is 25.7 Å². The highest BCUT2D eigenvalue weighted by atomic mass is 16.4. The summed E-state index contributed by atoms with van der Waals surface area (Å²) in [7, 11) is 0. The molecule has 38 heavy (non-hydrogen) atoms. The van der Waals surface area contributed by atoms with Gasteiger partial charge in [0.2, 0.25) is 0 Å². The van der Waals surface area contributed by atoms with Crippen molar-refractivity contribution in [2.24, 2.45) is 5.92 Å². The summed E-state index contributed by atoms with van der Waals surface area (Å²) in [5.41, 5.74) is 2.05. The fourth-order valence-electron chi connectivity index (χ4n) is 5.13. The van der Waals surface area contributed by atoms with Gasteiger partial charge < -0.3 is 20.1 Å². The number of hydrogen-bond donors (Lipinski definition) is 3. The van der Waals surface area contributed by atoms with E-state index < -0.39 is 11.9 Å². The van der Waals surface area contributed by atoms with Crippen LogP contribution in [0.3, 0.4) is 0 Å². The molecule has 1 aromatic carbocycles. The number of fused-ring (bicyclic) bond motifs is 1. The van der Waals surface area contributed by atoms with Crippen molar-refractivity contribution in [1.82, 2.24) is 19.9 Å². The second-order valence-corrected chi connectivity index (χ2v) is 9.55. The Morgan fingerprint density at radius 3 is 2.47 bits per heavy atom. The van der Waals surface area contributed by atoms with Crippen LogP contribution in [0.1, 0.15) is 42.6 Å². The van der Waals surface area contributed by atoms with Crippen LogP contribution in [0, 0.1) is 5.92 Å². The van der Waals surface area contributed by atoms with Crippen molar-refractivity contribution in [2.45, 2.75) is 38.6 Å². The summed E-state index contributed by atoms with van der Waals surface area (Å²) in [5, 5.41) is 23.2. The van der Waals surface area contributed by atoms with Crippen LogP contribution in [-0.2, 0) is 11.3 Å². The molecule has 1 aliphatic rings. The standard InChI is InChI=1S/C29H28N4O5/c34-23(35)12-14-31-28(37)25-27(36)22-15-21(19-9-2-1-3-10-19)29(38)33(17-18-7-4-5-8-18)26(22)24(32-25)20-11-6-13-30-16-20/h1-3,6,9-11,13,15-16,18,36H,4-5,7-8,12,14,17H2,(H,31,37)(H,34,35). The highest BCUT2D eigenvalue weighted by Gasteiger charge is 2.26. The van der Waals surface area contributed by atoms with Gasteiger partial charge in [0.25, 0.3) is 11.5 Å². The summed E-state index contributed by atoms with van der Waals surface area (Å²) < 4.78 is 1.69. The molecule has 4 aromatic rings. The number of carboxylic acid groups (broad SMARTS) is 1. The smallest absolute Gasteiger partial charge is 0.305 e. The quantitative estimate of drug-likeness (QED) is 0.322. The number of carboxylic acids is 1. The molecule has 3 N–H and O–H groups in total. The van der Waals surface area contributed by atoms with E-state index in [1.54, 1.807) is 35.2 Å². The maximum absolute atomic E-state index is 14.0. The Morgan fingerprint density at radius 2 is 1.79 bits per heavy atom. The third-order valence-electron chi connectivity index (χ3n) is 6.99. The minimum absolute atomic E-state index is 0.119. The molecule has 1 saturated carbocycles. The zero-order valence-electron chi connectivity index (χ0n) is 20.8. The monoisotopic (exact) mass is 512 g/mol. The number of aromatic hydroxyl groups is 1. The lowest BCUT2D eigenvalue weighted by Crippen LogP contribution is -2.28. The average molecular weight is 513 g/mol. The normalized spacial score (nSPS) is 13.6. The third-order valence-corrected chi connectivity index (χ3v) is 6.99. The minimum atomic E-state index is -1.06. The van der Waals surface area contributed by atoms with E-state index in [0.29, 0.717) is 45.7 Å². The zero-order valence-corrected chi connectivity index (χ0v) is 20.8. The van der Waals surface area contributed by atoms with Crippen molar-refractivity contribution in [3.63, 3.8) is 0 Å². The summed E-state index contributed by atoms with van der Waals surface area (Å²) in [6.45, 7) is 0.348. The number of aromatic nitrogens is 3. The van der Waals surface area contributed by atoms with Crippen molar-refractivity contribution in [2.75, 3.05) is 6.54 Å². The van der Waals surface area contributed by atoms with Gasteiger partial charge in [-0.25, -0.2) is 4.98 Å². The summed E-state index contributed by atoms with van der Waals surface area (Å²) in [4.78, 5) is 46.7. The van der Waals surface area contributed by atoms with Crippen LogP contribution < -0.4 is 10.9 Å². The lowest BCUT2D eigenvalue weighted by Gasteiger charge is -2.20. The van der Waals surface area contributed by atoms with Crippen LogP contribution in [-0.4, -0.2) is 43.2 Å². The molecule has 0 atom stereocenters. The van der Waals surface area contributed by atoms with Crippen LogP contribution in [0.25, 0.3) is 33.3 Å². The first-order chi connectivity index (χ1) is 18.4. The summed E-state index contributed by atoms with van der Waals surface area (Å²) >= 11 is 0. The van der Waals surface area contributed by atoms with Gasteiger partial charge in [0, 0.05) is 42.0 Å². The van der Waals surface area contributed by atoms with Gasteiger partial charge in [-0.15, -0.1) is 0 Å². The first-order valence-corrected chi connectivity index (χ1v) is 12.7. The second-order valence-electron chi connectivity index (χ2n) is 9.55. The molecule has 9 heteroatoms. The molecule has 1 aliphatic carbocycles. The second kappa shape index (κ2) is 10.8. The Morgan fingerprint density at radius 1 is 1.05 bits per heavy atom. The number of aliphatic carboxylic acids is 1. The molecule has 3 heterocycles. The van der Waals surface area contributed by atoms with Gasteiger partial charge in [-0.05, 0) is 42.5 Å². The molecular weight excluding hydrogens is 484 g/mol. The lowest BCUT2D eigenvalue weighted by atomic mass is 10.00. The van der Waals surface area contributed by atoms with Gasteiger partial charge in [-0.3, -0.25) is 19.4 Å². The van der Waals surface area contributed by atoms with Crippen LogP contribution in [0.5, 0.6) is 5.75 Å². The molecular formula is C29H28N4O5. The topological polar surface area (TPSA) is 134 Å². The van der Waals surface area contributed by atoms with Gasteiger partial charge in [0.1, 0.15) is 0 Å². The lowest BCUT2D eigenvalue weighted by molar-refractivity contribution is -0.136. The van der Waals surface area contributed by atoms with Crippen molar-refractivity contribution in [3.05, 3.63) is 77.0 Å². The molecule has 9 nitrogen and oxygen atoms in total. The van der Waals surface area contributed by atoms with Gasteiger partial charge in [-0.1, -0.05) is 43.2 Å². The highest BCUT2D eigenvalue weighted by molar-refractivity contribution is 6.05. The summed E-state index contributed by atoms with van der Waals surface area (Å²) in [6.07, 6.45) is 7.18. The number of carbonyl (C=O) groups excluding carboxylic acids is 1. The highest BCUT2D eigenvalue weighted by Crippen LogP contribution is 2.37. The zero-order chi connectivity index (χ0) is 26.6. The van der Waals surface area contributed by atoms with Crippen LogP contribution >= 0.6 is 0 Å². The van der Waals surface area contributed by atoms with E-state index in [-0.39, 0.29) is 30.0 Å². The number of hydrogen-bond acceptors (Lipinski definition) is 6. The molecule has 194 valence electrons.